The number of aromatic nitrogens is 2. The Morgan fingerprint density at radius 3 is 2.68 bits per heavy atom. The molecule has 0 unspecified atom stereocenters. The molecule has 1 aliphatic rings. The van der Waals surface area contributed by atoms with E-state index in [4.69, 9.17) is 16.1 Å². The van der Waals surface area contributed by atoms with E-state index in [2.05, 4.69) is 15.0 Å². The monoisotopic (exact) mass is 339 g/mol. The van der Waals surface area contributed by atoms with Crippen molar-refractivity contribution < 1.29 is 8.73 Å². The van der Waals surface area contributed by atoms with E-state index in [0.29, 0.717) is 23.2 Å². The molecule has 0 spiro atoms. The van der Waals surface area contributed by atoms with Crippen molar-refractivity contribution in [3.63, 3.8) is 0 Å². The van der Waals surface area contributed by atoms with Crippen LogP contribution in [0.15, 0.2) is 28.8 Å². The smallest absolute Gasteiger partial charge is 0.243 e. The van der Waals surface area contributed by atoms with Gasteiger partial charge in [0.05, 0.1) is 6.04 Å². The lowest BCUT2D eigenvalue weighted by atomic mass is 10.1. The molecule has 1 atom stereocenters. The summed E-state index contributed by atoms with van der Waals surface area (Å²) in [5.41, 5.74) is 1.10. The summed E-state index contributed by atoms with van der Waals surface area (Å²) >= 11 is 5.88. The second-order valence-electron chi connectivity index (χ2n) is 5.41. The Balaban J connectivity index is 1.65. The zero-order chi connectivity index (χ0) is 15.5. The maximum Gasteiger partial charge on any atom is 0.243 e. The van der Waals surface area contributed by atoms with Gasteiger partial charge in [-0.3, -0.25) is 9.11 Å². The first kappa shape index (κ1) is 15.6. The van der Waals surface area contributed by atoms with Crippen LogP contribution in [0.4, 0.5) is 0 Å². The first-order chi connectivity index (χ1) is 10.6. The first-order valence-electron chi connectivity index (χ1n) is 7.28. The van der Waals surface area contributed by atoms with Crippen LogP contribution in [-0.4, -0.2) is 43.8 Å². The number of halogens is 1. The van der Waals surface area contributed by atoms with Crippen molar-refractivity contribution >= 4 is 22.4 Å². The number of nitrogens with zero attached hydrogens (tertiary/aromatic N) is 3. The molecule has 1 saturated heterocycles. The second-order valence-corrected chi connectivity index (χ2v) is 7.54. The minimum atomic E-state index is -0.676. The van der Waals surface area contributed by atoms with Gasteiger partial charge >= 0.3 is 0 Å². The number of rotatable bonds is 4. The van der Waals surface area contributed by atoms with Gasteiger partial charge < -0.3 is 4.52 Å². The van der Waals surface area contributed by atoms with Crippen LogP contribution >= 0.6 is 11.6 Å². The van der Waals surface area contributed by atoms with E-state index in [0.717, 1.165) is 30.2 Å². The molecule has 0 radical (unpaired) electrons. The van der Waals surface area contributed by atoms with Gasteiger partial charge in [0.25, 0.3) is 0 Å². The maximum absolute atomic E-state index is 11.4. The van der Waals surface area contributed by atoms with E-state index in [1.165, 1.54) is 0 Å². The summed E-state index contributed by atoms with van der Waals surface area (Å²) in [7, 11) is -0.676. The topological polar surface area (TPSA) is 59.2 Å². The molecular formula is C15H18ClN3O2S. The van der Waals surface area contributed by atoms with Crippen molar-refractivity contribution in [3.8, 4) is 0 Å². The Morgan fingerprint density at radius 2 is 2.00 bits per heavy atom. The number of hydrogen-bond acceptors (Lipinski definition) is 5. The summed E-state index contributed by atoms with van der Waals surface area (Å²) in [6.45, 7) is 3.67. The molecular weight excluding hydrogens is 322 g/mol. The second kappa shape index (κ2) is 6.89. The fourth-order valence-electron chi connectivity index (χ4n) is 2.49. The van der Waals surface area contributed by atoms with Gasteiger partial charge in [0, 0.05) is 46.8 Å². The average molecular weight is 340 g/mol. The Labute approximate surface area is 137 Å². The van der Waals surface area contributed by atoms with Gasteiger partial charge in [0.15, 0.2) is 5.82 Å². The van der Waals surface area contributed by atoms with Crippen LogP contribution < -0.4 is 0 Å². The summed E-state index contributed by atoms with van der Waals surface area (Å²) in [6.07, 6.45) is 0.622. The van der Waals surface area contributed by atoms with Gasteiger partial charge in [-0.25, -0.2) is 0 Å². The molecule has 1 aromatic carbocycles. The molecule has 2 aromatic rings. The van der Waals surface area contributed by atoms with Crippen LogP contribution in [0.5, 0.6) is 0 Å². The van der Waals surface area contributed by atoms with Crippen molar-refractivity contribution in [2.24, 2.45) is 0 Å². The quantitative estimate of drug-likeness (QED) is 0.856. The first-order valence-corrected chi connectivity index (χ1v) is 9.14. The lowest BCUT2D eigenvalue weighted by Crippen LogP contribution is -2.39. The van der Waals surface area contributed by atoms with Crippen molar-refractivity contribution in [1.29, 1.82) is 0 Å². The Morgan fingerprint density at radius 1 is 1.32 bits per heavy atom. The average Bonchev–Trinajstić information content (AvgIpc) is 2.98. The Bertz CT molecular complexity index is 649. The standard InChI is InChI=1S/C15H18ClN3O2S/c1-11(19-6-8-22(20)9-7-19)15-17-14(18-21-15)10-12-2-4-13(16)5-3-12/h2-5,11H,6-10H2,1H3/t11-/m1/s1. The number of hydrogen-bond donors (Lipinski definition) is 0. The summed E-state index contributed by atoms with van der Waals surface area (Å²) < 4.78 is 16.8. The van der Waals surface area contributed by atoms with E-state index in [9.17, 15) is 4.21 Å². The molecule has 0 saturated carbocycles. The molecule has 1 aromatic heterocycles. The lowest BCUT2D eigenvalue weighted by molar-refractivity contribution is 0.187. The van der Waals surface area contributed by atoms with Gasteiger partial charge in [-0.15, -0.1) is 0 Å². The zero-order valence-electron chi connectivity index (χ0n) is 12.4. The van der Waals surface area contributed by atoms with Crippen LogP contribution in [0.3, 0.4) is 0 Å². The fourth-order valence-corrected chi connectivity index (χ4v) is 3.70. The number of benzene rings is 1. The maximum atomic E-state index is 11.4. The third kappa shape index (κ3) is 3.74. The van der Waals surface area contributed by atoms with Crippen molar-refractivity contribution in [2.45, 2.75) is 19.4 Å². The van der Waals surface area contributed by atoms with E-state index in [1.807, 2.05) is 31.2 Å². The molecule has 2 heterocycles. The lowest BCUT2D eigenvalue weighted by Gasteiger charge is -2.29. The van der Waals surface area contributed by atoms with E-state index in [-0.39, 0.29) is 6.04 Å². The van der Waals surface area contributed by atoms with E-state index >= 15 is 0 Å². The van der Waals surface area contributed by atoms with Crippen LogP contribution in [0, 0.1) is 0 Å². The largest absolute Gasteiger partial charge is 0.338 e. The molecule has 0 amide bonds. The highest BCUT2D eigenvalue weighted by Gasteiger charge is 2.25. The van der Waals surface area contributed by atoms with Crippen LogP contribution in [-0.2, 0) is 17.2 Å². The highest BCUT2D eigenvalue weighted by Crippen LogP contribution is 2.21. The molecule has 118 valence electrons. The third-order valence-corrected chi connectivity index (χ3v) is 5.40. The van der Waals surface area contributed by atoms with Crippen LogP contribution in [0.2, 0.25) is 5.02 Å². The van der Waals surface area contributed by atoms with Gasteiger partial charge in [-0.2, -0.15) is 4.98 Å². The Kier molecular flexibility index (Phi) is 4.90. The fraction of sp³-hybridized carbons (Fsp3) is 0.467. The van der Waals surface area contributed by atoms with Gasteiger partial charge in [0.1, 0.15) is 0 Å². The Hall–Kier alpha value is -1.24. The minimum absolute atomic E-state index is 0.0590. The highest BCUT2D eigenvalue weighted by molar-refractivity contribution is 7.85. The molecule has 1 aliphatic heterocycles. The van der Waals surface area contributed by atoms with Crippen molar-refractivity contribution in [3.05, 3.63) is 46.6 Å². The van der Waals surface area contributed by atoms with E-state index in [1.54, 1.807) is 0 Å². The zero-order valence-corrected chi connectivity index (χ0v) is 13.9. The molecule has 3 rings (SSSR count). The normalized spacial score (nSPS) is 18.5. The molecule has 0 bridgehead atoms. The van der Waals surface area contributed by atoms with Crippen molar-refractivity contribution in [1.82, 2.24) is 15.0 Å². The van der Waals surface area contributed by atoms with Gasteiger partial charge in [-0.05, 0) is 24.6 Å². The summed E-state index contributed by atoms with van der Waals surface area (Å²) in [6, 6.07) is 7.69. The van der Waals surface area contributed by atoms with Crippen LogP contribution in [0.25, 0.3) is 0 Å². The minimum Gasteiger partial charge on any atom is -0.338 e. The summed E-state index contributed by atoms with van der Waals surface area (Å²) in [4.78, 5) is 6.73. The van der Waals surface area contributed by atoms with Gasteiger partial charge in [-0.1, -0.05) is 28.9 Å². The van der Waals surface area contributed by atoms with Crippen LogP contribution in [0.1, 0.15) is 30.2 Å². The summed E-state index contributed by atoms with van der Waals surface area (Å²) in [5.74, 6) is 2.73. The SMILES string of the molecule is C[C@H](c1nc(Cc2ccc(Cl)cc2)no1)N1CCS(=O)CC1. The molecule has 5 nitrogen and oxygen atoms in total. The third-order valence-electron chi connectivity index (χ3n) is 3.88. The molecule has 22 heavy (non-hydrogen) atoms. The predicted octanol–water partition coefficient (Wildman–Crippen LogP) is 2.44. The summed E-state index contributed by atoms with van der Waals surface area (Å²) in [5, 5.41) is 4.78. The molecule has 0 N–H and O–H groups in total. The molecule has 7 heteroatoms. The predicted molar refractivity (Wildman–Crippen MR) is 86.4 cm³/mol. The van der Waals surface area contributed by atoms with Gasteiger partial charge in [0.2, 0.25) is 5.89 Å². The highest BCUT2D eigenvalue weighted by atomic mass is 35.5. The van der Waals surface area contributed by atoms with Crippen molar-refractivity contribution in [2.75, 3.05) is 24.6 Å². The van der Waals surface area contributed by atoms with E-state index < -0.39 is 10.8 Å². The molecule has 1 fully saturated rings. The molecule has 0 aliphatic carbocycles.